The van der Waals surface area contributed by atoms with Crippen LogP contribution in [0.1, 0.15) is 0 Å². The molecular formula is C52H32N4. The largest absolute Gasteiger partial charge is 0.309 e. The molecule has 9 aromatic carbocycles. The van der Waals surface area contributed by atoms with E-state index in [1.807, 2.05) is 12.1 Å². The summed E-state index contributed by atoms with van der Waals surface area (Å²) in [6, 6.07) is 69.6. The maximum absolute atomic E-state index is 5.45. The van der Waals surface area contributed by atoms with Gasteiger partial charge in [-0.15, -0.1) is 0 Å². The highest BCUT2D eigenvalue weighted by atomic mass is 15.1. The normalized spacial score (nSPS) is 11.9. The highest BCUT2D eigenvalue weighted by Crippen LogP contribution is 2.43. The summed E-state index contributed by atoms with van der Waals surface area (Å²) in [6.45, 7) is 0. The van der Waals surface area contributed by atoms with Gasteiger partial charge in [-0.25, -0.2) is 9.97 Å². The Morgan fingerprint density at radius 2 is 0.946 bits per heavy atom. The molecule has 0 saturated heterocycles. The first-order valence-corrected chi connectivity index (χ1v) is 19.1. The molecular weight excluding hydrogens is 681 g/mol. The van der Waals surface area contributed by atoms with Crippen LogP contribution in [-0.4, -0.2) is 19.1 Å². The monoisotopic (exact) mass is 712 g/mol. The topological polar surface area (TPSA) is 35.6 Å². The molecule has 260 valence electrons. The average Bonchev–Trinajstić information content (AvgIpc) is 3.77. The summed E-state index contributed by atoms with van der Waals surface area (Å²) in [5.41, 5.74) is 11.6. The van der Waals surface area contributed by atoms with Crippen molar-refractivity contribution in [3.63, 3.8) is 0 Å². The van der Waals surface area contributed by atoms with Crippen LogP contribution >= 0.6 is 0 Å². The lowest BCUT2D eigenvalue weighted by Gasteiger charge is -2.14. The Kier molecular flexibility index (Phi) is 6.60. The first-order chi connectivity index (χ1) is 27.8. The Labute approximate surface area is 322 Å². The molecule has 0 N–H and O–H groups in total. The molecule has 12 rings (SSSR count). The standard InChI is InChI=1S/C52H32N4/c1-2-15-39(16-3-1)55-47-29-28-35-13-6-7-17-40(35)50(47)43-31-42-41-18-8-11-21-46(41)56(48(42)32-49(43)55)52-51(53-44-19-9-10-20-45(44)54-52)36-25-22-34(23-26-36)38-27-24-33-12-4-5-14-37(33)30-38/h1-32H. The lowest BCUT2D eigenvalue weighted by Crippen LogP contribution is -2.04. The second-order valence-electron chi connectivity index (χ2n) is 14.6. The minimum absolute atomic E-state index is 0.806. The number of hydrogen-bond donors (Lipinski definition) is 0. The average molecular weight is 713 g/mol. The summed E-state index contributed by atoms with van der Waals surface area (Å²) in [5.74, 6) is 0.806. The molecule has 3 aromatic heterocycles. The first kappa shape index (κ1) is 30.9. The maximum atomic E-state index is 5.45. The molecule has 0 spiro atoms. The van der Waals surface area contributed by atoms with E-state index in [-0.39, 0.29) is 0 Å². The zero-order chi connectivity index (χ0) is 36.7. The summed E-state index contributed by atoms with van der Waals surface area (Å²) in [7, 11) is 0. The van der Waals surface area contributed by atoms with E-state index in [1.165, 1.54) is 54.2 Å². The zero-order valence-corrected chi connectivity index (χ0v) is 30.3. The summed E-state index contributed by atoms with van der Waals surface area (Å²) < 4.78 is 4.75. The van der Waals surface area contributed by atoms with Crippen molar-refractivity contribution in [2.75, 3.05) is 0 Å². The quantitative estimate of drug-likeness (QED) is 0.182. The van der Waals surface area contributed by atoms with E-state index in [0.717, 1.165) is 55.9 Å². The Balaban J connectivity index is 1.15. The van der Waals surface area contributed by atoms with E-state index < -0.39 is 0 Å². The Morgan fingerprint density at radius 1 is 0.321 bits per heavy atom. The van der Waals surface area contributed by atoms with Gasteiger partial charge in [0.05, 0.1) is 33.1 Å². The lowest BCUT2D eigenvalue weighted by atomic mass is 9.99. The van der Waals surface area contributed by atoms with Crippen molar-refractivity contribution in [1.29, 1.82) is 0 Å². The third kappa shape index (κ3) is 4.60. The van der Waals surface area contributed by atoms with Gasteiger partial charge in [0.2, 0.25) is 0 Å². The van der Waals surface area contributed by atoms with Gasteiger partial charge in [-0.3, -0.25) is 4.57 Å². The molecule has 0 aliphatic rings. The highest BCUT2D eigenvalue weighted by molar-refractivity contribution is 6.25. The molecule has 0 unspecified atom stereocenters. The van der Waals surface area contributed by atoms with Crippen molar-refractivity contribution >= 4 is 76.2 Å². The number of rotatable bonds is 4. The van der Waals surface area contributed by atoms with Gasteiger partial charge < -0.3 is 4.57 Å². The Hall–Kier alpha value is -7.56. The molecule has 3 heterocycles. The van der Waals surface area contributed by atoms with Crippen LogP contribution in [0.15, 0.2) is 194 Å². The first-order valence-electron chi connectivity index (χ1n) is 19.1. The molecule has 0 aliphatic carbocycles. The molecule has 0 amide bonds. The summed E-state index contributed by atoms with van der Waals surface area (Å²) >= 11 is 0. The summed E-state index contributed by atoms with van der Waals surface area (Å²) in [4.78, 5) is 10.8. The molecule has 4 nitrogen and oxygen atoms in total. The molecule has 0 aliphatic heterocycles. The van der Waals surface area contributed by atoms with E-state index in [1.54, 1.807) is 0 Å². The van der Waals surface area contributed by atoms with Crippen molar-refractivity contribution in [2.45, 2.75) is 0 Å². The van der Waals surface area contributed by atoms with Crippen LogP contribution in [0.3, 0.4) is 0 Å². The van der Waals surface area contributed by atoms with Crippen molar-refractivity contribution in [3.05, 3.63) is 194 Å². The van der Waals surface area contributed by atoms with Crippen LogP contribution in [-0.2, 0) is 0 Å². The summed E-state index contributed by atoms with van der Waals surface area (Å²) in [6.07, 6.45) is 0. The van der Waals surface area contributed by atoms with Gasteiger partial charge in [-0.2, -0.15) is 0 Å². The third-order valence-electron chi connectivity index (χ3n) is 11.5. The third-order valence-corrected chi connectivity index (χ3v) is 11.5. The molecule has 0 radical (unpaired) electrons. The predicted molar refractivity (Wildman–Crippen MR) is 234 cm³/mol. The van der Waals surface area contributed by atoms with Gasteiger partial charge in [0.1, 0.15) is 5.69 Å². The van der Waals surface area contributed by atoms with Crippen LogP contribution in [0, 0.1) is 0 Å². The molecule has 12 aromatic rings. The molecule has 0 saturated carbocycles. The second-order valence-corrected chi connectivity index (χ2v) is 14.6. The van der Waals surface area contributed by atoms with Crippen LogP contribution in [0.4, 0.5) is 0 Å². The van der Waals surface area contributed by atoms with Crippen molar-refractivity contribution in [3.8, 4) is 33.9 Å². The second kappa shape index (κ2) is 12.0. The molecule has 0 bridgehead atoms. The Bertz CT molecular complexity index is 3520. The van der Waals surface area contributed by atoms with E-state index in [9.17, 15) is 0 Å². The smallest absolute Gasteiger partial charge is 0.165 e. The van der Waals surface area contributed by atoms with Crippen molar-refractivity contribution in [1.82, 2.24) is 19.1 Å². The SMILES string of the molecule is c1ccc(-n2c3cc4c(cc3c3c5ccccc5ccc32)c2ccccc2n4-c2nc3ccccc3nc2-c2ccc(-c3ccc4ccccc4c3)cc2)cc1. The summed E-state index contributed by atoms with van der Waals surface area (Å²) in [5, 5.41) is 9.81. The van der Waals surface area contributed by atoms with E-state index in [0.29, 0.717) is 0 Å². The van der Waals surface area contributed by atoms with Gasteiger partial charge in [0, 0.05) is 32.8 Å². The van der Waals surface area contributed by atoms with Crippen molar-refractivity contribution in [2.24, 2.45) is 0 Å². The predicted octanol–water partition coefficient (Wildman–Crippen LogP) is 13.5. The van der Waals surface area contributed by atoms with Crippen LogP contribution in [0.5, 0.6) is 0 Å². The van der Waals surface area contributed by atoms with Gasteiger partial charge in [-0.05, 0) is 87.3 Å². The maximum Gasteiger partial charge on any atom is 0.165 e. The molecule has 4 heteroatoms. The zero-order valence-electron chi connectivity index (χ0n) is 30.3. The molecule has 0 atom stereocenters. The van der Waals surface area contributed by atoms with Gasteiger partial charge in [0.25, 0.3) is 0 Å². The number of nitrogens with zero attached hydrogens (tertiary/aromatic N) is 4. The minimum atomic E-state index is 0.806. The van der Waals surface area contributed by atoms with Gasteiger partial charge in [-0.1, -0.05) is 140 Å². The Morgan fingerprint density at radius 3 is 1.79 bits per heavy atom. The van der Waals surface area contributed by atoms with Crippen LogP contribution in [0.25, 0.3) is 110 Å². The number of para-hydroxylation sites is 4. The minimum Gasteiger partial charge on any atom is -0.309 e. The van der Waals surface area contributed by atoms with E-state index in [2.05, 4.69) is 191 Å². The van der Waals surface area contributed by atoms with Gasteiger partial charge >= 0.3 is 0 Å². The van der Waals surface area contributed by atoms with E-state index >= 15 is 0 Å². The fourth-order valence-electron chi connectivity index (χ4n) is 8.86. The van der Waals surface area contributed by atoms with Crippen LogP contribution in [0.2, 0.25) is 0 Å². The number of benzene rings is 9. The highest BCUT2D eigenvalue weighted by Gasteiger charge is 2.23. The molecule has 0 fully saturated rings. The number of aromatic nitrogens is 4. The number of hydrogen-bond acceptors (Lipinski definition) is 2. The lowest BCUT2D eigenvalue weighted by molar-refractivity contribution is 1.08. The fourth-order valence-corrected chi connectivity index (χ4v) is 8.86. The van der Waals surface area contributed by atoms with Crippen molar-refractivity contribution < 1.29 is 0 Å². The molecule has 56 heavy (non-hydrogen) atoms. The van der Waals surface area contributed by atoms with E-state index in [4.69, 9.17) is 9.97 Å². The van der Waals surface area contributed by atoms with Crippen LogP contribution < -0.4 is 0 Å². The van der Waals surface area contributed by atoms with Gasteiger partial charge in [0.15, 0.2) is 5.82 Å². The fraction of sp³-hybridized carbons (Fsp3) is 0. The number of fused-ring (bicyclic) bond motifs is 10.